The monoisotopic (exact) mass is 188 g/mol. The topological polar surface area (TPSA) is 27.7 Å². The van der Waals surface area contributed by atoms with Crippen LogP contribution in [0.1, 0.15) is 41.5 Å². The van der Waals surface area contributed by atoms with Crippen LogP contribution in [-0.4, -0.2) is 12.6 Å². The lowest BCUT2D eigenvalue weighted by atomic mass is 9.94. The van der Waals surface area contributed by atoms with Gasteiger partial charge in [0.2, 0.25) is 0 Å². The molecule has 0 amide bonds. The number of rotatable bonds is 0. The molecule has 0 spiro atoms. The highest BCUT2D eigenvalue weighted by molar-refractivity contribution is 4.73. The highest BCUT2D eigenvalue weighted by Crippen LogP contribution is 2.35. The molecule has 0 N–H and O–H groups in total. The molecule has 1 saturated heterocycles. The molecule has 0 unspecified atom stereocenters. The lowest BCUT2D eigenvalue weighted by Crippen LogP contribution is -2.31. The summed E-state index contributed by atoms with van der Waals surface area (Å²) in [5.74, 6) is 0. The van der Waals surface area contributed by atoms with Gasteiger partial charge < -0.3 is 4.74 Å². The van der Waals surface area contributed by atoms with E-state index in [0.717, 1.165) is 0 Å². The van der Waals surface area contributed by atoms with E-state index in [9.17, 15) is 0 Å². The third-order valence-corrected chi connectivity index (χ3v) is 1.89. The lowest BCUT2D eigenvalue weighted by molar-refractivity contribution is -0.321. The van der Waals surface area contributed by atoms with Crippen LogP contribution in [0, 0.1) is 10.8 Å². The maximum atomic E-state index is 5.65. The van der Waals surface area contributed by atoms with Crippen molar-refractivity contribution in [3.8, 4) is 0 Å². The zero-order chi connectivity index (χ0) is 10.3. The van der Waals surface area contributed by atoms with E-state index >= 15 is 0 Å². The number of hydrogen-bond acceptors (Lipinski definition) is 3. The van der Waals surface area contributed by atoms with Crippen molar-refractivity contribution in [3.05, 3.63) is 0 Å². The molecule has 1 heterocycles. The van der Waals surface area contributed by atoms with Crippen molar-refractivity contribution >= 4 is 0 Å². The van der Waals surface area contributed by atoms with Gasteiger partial charge in [-0.05, 0) is 0 Å². The van der Waals surface area contributed by atoms with Gasteiger partial charge in [-0.25, -0.2) is 9.78 Å². The van der Waals surface area contributed by atoms with Gasteiger partial charge >= 0.3 is 0 Å². The van der Waals surface area contributed by atoms with Crippen LogP contribution in [0.15, 0.2) is 0 Å². The van der Waals surface area contributed by atoms with Crippen LogP contribution in [0.2, 0.25) is 0 Å². The van der Waals surface area contributed by atoms with Crippen LogP contribution >= 0.6 is 0 Å². The van der Waals surface area contributed by atoms with Gasteiger partial charge in [-0.15, -0.1) is 0 Å². The lowest BCUT2D eigenvalue weighted by Gasteiger charge is -2.26. The third-order valence-electron chi connectivity index (χ3n) is 1.89. The maximum Gasteiger partial charge on any atom is 0.199 e. The van der Waals surface area contributed by atoms with Gasteiger partial charge in [0, 0.05) is 10.8 Å². The molecule has 3 nitrogen and oxygen atoms in total. The minimum Gasteiger partial charge on any atom is -0.317 e. The van der Waals surface area contributed by atoms with Gasteiger partial charge in [-0.1, -0.05) is 41.5 Å². The normalized spacial score (nSPS) is 30.9. The summed E-state index contributed by atoms with van der Waals surface area (Å²) in [4.78, 5) is 10.3. The van der Waals surface area contributed by atoms with Gasteiger partial charge in [0.15, 0.2) is 12.6 Å². The number of ether oxygens (including phenoxy) is 1. The zero-order valence-corrected chi connectivity index (χ0v) is 9.38. The van der Waals surface area contributed by atoms with Gasteiger partial charge in [-0.3, -0.25) is 0 Å². The predicted molar refractivity (Wildman–Crippen MR) is 49.7 cm³/mol. The Kier molecular flexibility index (Phi) is 2.72. The molecule has 1 rings (SSSR count). The van der Waals surface area contributed by atoms with E-state index in [0.29, 0.717) is 0 Å². The molecule has 13 heavy (non-hydrogen) atoms. The Morgan fingerprint density at radius 3 is 1.15 bits per heavy atom. The first kappa shape index (κ1) is 11.0. The van der Waals surface area contributed by atoms with Crippen LogP contribution < -0.4 is 0 Å². The summed E-state index contributed by atoms with van der Waals surface area (Å²) in [6.07, 6.45) is -0.534. The van der Waals surface area contributed by atoms with Gasteiger partial charge in [0.05, 0.1) is 0 Å². The summed E-state index contributed by atoms with van der Waals surface area (Å²) < 4.78 is 5.65. The van der Waals surface area contributed by atoms with Crippen molar-refractivity contribution in [1.29, 1.82) is 0 Å². The van der Waals surface area contributed by atoms with E-state index in [4.69, 9.17) is 14.5 Å². The molecule has 0 saturated carbocycles. The Labute approximate surface area is 80.3 Å². The zero-order valence-electron chi connectivity index (χ0n) is 9.38. The van der Waals surface area contributed by atoms with Crippen molar-refractivity contribution < 1.29 is 14.5 Å². The summed E-state index contributed by atoms with van der Waals surface area (Å²) in [5, 5.41) is 0. The van der Waals surface area contributed by atoms with Crippen molar-refractivity contribution in [2.75, 3.05) is 0 Å². The number of hydrogen-bond donors (Lipinski definition) is 0. The molecular weight excluding hydrogens is 168 g/mol. The van der Waals surface area contributed by atoms with Crippen molar-refractivity contribution in [2.24, 2.45) is 10.8 Å². The quantitative estimate of drug-likeness (QED) is 0.547. The minimum atomic E-state index is -0.267. The standard InChI is InChI=1S/C10H20O3/c1-9(2,3)7-11-8(13-12-7)10(4,5)6/h7-8H,1-6H3/t7-,8+. The Morgan fingerprint density at radius 2 is 1.00 bits per heavy atom. The summed E-state index contributed by atoms with van der Waals surface area (Å²) >= 11 is 0. The first-order chi connectivity index (χ1) is 5.71. The highest BCUT2D eigenvalue weighted by atomic mass is 17.3. The second-order valence-corrected chi connectivity index (χ2v) is 5.72. The maximum absolute atomic E-state index is 5.65. The molecular formula is C10H20O3. The molecule has 2 atom stereocenters. The second-order valence-electron chi connectivity index (χ2n) is 5.72. The Balaban J connectivity index is 2.55. The average Bonchev–Trinajstić information content (AvgIpc) is 2.28. The summed E-state index contributed by atoms with van der Waals surface area (Å²) in [5.41, 5.74) is -0.0833. The average molecular weight is 188 g/mol. The highest BCUT2D eigenvalue weighted by Gasteiger charge is 2.41. The van der Waals surface area contributed by atoms with Crippen LogP contribution in [0.25, 0.3) is 0 Å². The van der Waals surface area contributed by atoms with Gasteiger partial charge in [0.1, 0.15) is 0 Å². The Morgan fingerprint density at radius 1 is 0.692 bits per heavy atom. The van der Waals surface area contributed by atoms with Crippen LogP contribution in [-0.2, 0) is 14.5 Å². The third kappa shape index (κ3) is 2.66. The SMILES string of the molecule is CC(C)(C)[C@@H]1OO[C@H](C(C)(C)C)O1. The van der Waals surface area contributed by atoms with Crippen molar-refractivity contribution in [3.63, 3.8) is 0 Å². The molecule has 0 aromatic rings. The minimum absolute atomic E-state index is 0.0417. The molecule has 0 aromatic carbocycles. The fourth-order valence-electron chi connectivity index (χ4n) is 0.955. The molecule has 0 bridgehead atoms. The van der Waals surface area contributed by atoms with E-state index < -0.39 is 0 Å². The van der Waals surface area contributed by atoms with Crippen molar-refractivity contribution in [1.82, 2.24) is 0 Å². The van der Waals surface area contributed by atoms with E-state index in [2.05, 4.69) is 41.5 Å². The van der Waals surface area contributed by atoms with E-state index in [1.807, 2.05) is 0 Å². The first-order valence-corrected chi connectivity index (χ1v) is 4.69. The van der Waals surface area contributed by atoms with Gasteiger partial charge in [-0.2, -0.15) is 0 Å². The van der Waals surface area contributed by atoms with Crippen LogP contribution in [0.4, 0.5) is 0 Å². The Bertz CT molecular complexity index is 156. The molecule has 0 aromatic heterocycles. The molecule has 1 aliphatic heterocycles. The van der Waals surface area contributed by atoms with Crippen LogP contribution in [0.3, 0.4) is 0 Å². The smallest absolute Gasteiger partial charge is 0.199 e. The summed E-state index contributed by atoms with van der Waals surface area (Å²) in [6, 6.07) is 0. The van der Waals surface area contributed by atoms with Crippen molar-refractivity contribution in [2.45, 2.75) is 54.1 Å². The summed E-state index contributed by atoms with van der Waals surface area (Å²) in [6.45, 7) is 12.4. The first-order valence-electron chi connectivity index (χ1n) is 4.69. The molecule has 0 radical (unpaired) electrons. The second kappa shape index (κ2) is 3.23. The van der Waals surface area contributed by atoms with Crippen LogP contribution in [0.5, 0.6) is 0 Å². The van der Waals surface area contributed by atoms with Gasteiger partial charge in [0.25, 0.3) is 0 Å². The molecule has 1 fully saturated rings. The predicted octanol–water partition coefficient (Wildman–Crippen LogP) is 2.71. The fraction of sp³-hybridized carbons (Fsp3) is 1.00. The largest absolute Gasteiger partial charge is 0.317 e. The van der Waals surface area contributed by atoms with E-state index in [1.54, 1.807) is 0 Å². The van der Waals surface area contributed by atoms with E-state index in [-0.39, 0.29) is 23.4 Å². The molecule has 78 valence electrons. The summed E-state index contributed by atoms with van der Waals surface area (Å²) in [7, 11) is 0. The molecule has 1 aliphatic rings. The van der Waals surface area contributed by atoms with E-state index in [1.165, 1.54) is 0 Å². The fourth-order valence-corrected chi connectivity index (χ4v) is 0.955. The Hall–Kier alpha value is -0.120. The molecule has 3 heteroatoms. The molecule has 0 aliphatic carbocycles.